The largest absolute Gasteiger partial charge is 0.372 e. The Morgan fingerprint density at radius 2 is 1.73 bits per heavy atom. The Bertz CT molecular complexity index is 769. The van der Waals surface area contributed by atoms with E-state index in [1.54, 1.807) is 0 Å². The highest BCUT2D eigenvalue weighted by Crippen LogP contribution is 2.28. The molecule has 6 nitrogen and oxygen atoms in total. The van der Waals surface area contributed by atoms with Gasteiger partial charge in [-0.1, -0.05) is 31.9 Å². The quantitative estimate of drug-likeness (QED) is 0.304. The number of piperidine rings is 1. The maximum atomic E-state index is 12.7. The molecule has 0 aromatic heterocycles. The lowest BCUT2D eigenvalue weighted by Gasteiger charge is -2.32. The molecule has 1 aromatic carbocycles. The standard InChI is InChI=1S/C26H41N5O.HI/c1-3-27-26(29-23-14-17-31(19-23)25(32)22-6-4-5-7-22)28-18-21-8-10-24(11-9-21)30-15-12-20(2)13-16-30;/h8-11,20,22-23H,3-7,12-19H2,1-2H3,(H2,27,28,29);1H. The van der Waals surface area contributed by atoms with Gasteiger partial charge in [0, 0.05) is 50.4 Å². The molecule has 7 heteroatoms. The molecule has 0 bridgehead atoms. The third-order valence-corrected chi connectivity index (χ3v) is 7.39. The van der Waals surface area contributed by atoms with Crippen molar-refractivity contribution in [1.29, 1.82) is 0 Å². The summed E-state index contributed by atoms with van der Waals surface area (Å²) in [6.45, 7) is 9.91. The van der Waals surface area contributed by atoms with Crippen LogP contribution >= 0.6 is 24.0 Å². The minimum absolute atomic E-state index is 0. The number of carbonyl (C=O) groups is 1. The molecule has 1 saturated carbocycles. The Balaban J connectivity index is 0.00000306. The lowest BCUT2D eigenvalue weighted by atomic mass is 9.99. The van der Waals surface area contributed by atoms with E-state index >= 15 is 0 Å². The highest BCUT2D eigenvalue weighted by atomic mass is 127. The predicted octanol–water partition coefficient (Wildman–Crippen LogP) is 4.39. The van der Waals surface area contributed by atoms with Gasteiger partial charge >= 0.3 is 0 Å². The summed E-state index contributed by atoms with van der Waals surface area (Å²) in [5.41, 5.74) is 2.55. The molecule has 2 heterocycles. The number of hydrogen-bond donors (Lipinski definition) is 2. The normalized spacial score (nSPS) is 22.4. The van der Waals surface area contributed by atoms with Crippen LogP contribution in [-0.2, 0) is 11.3 Å². The number of carbonyl (C=O) groups excluding carboxylic acids is 1. The molecular weight excluding hydrogens is 525 g/mol. The summed E-state index contributed by atoms with van der Waals surface area (Å²) < 4.78 is 0. The van der Waals surface area contributed by atoms with Crippen molar-refractivity contribution in [2.75, 3.05) is 37.6 Å². The van der Waals surface area contributed by atoms with Crippen LogP contribution in [0.5, 0.6) is 0 Å². The zero-order valence-corrected chi connectivity index (χ0v) is 22.7. The monoisotopic (exact) mass is 567 g/mol. The van der Waals surface area contributed by atoms with Crippen molar-refractivity contribution in [2.45, 2.75) is 71.4 Å². The van der Waals surface area contributed by atoms with E-state index in [1.165, 1.54) is 36.9 Å². The maximum absolute atomic E-state index is 12.7. The van der Waals surface area contributed by atoms with Crippen molar-refractivity contribution >= 4 is 41.5 Å². The van der Waals surface area contributed by atoms with Gasteiger partial charge in [0.1, 0.15) is 0 Å². The molecule has 33 heavy (non-hydrogen) atoms. The molecule has 1 unspecified atom stereocenters. The van der Waals surface area contributed by atoms with Gasteiger partial charge in [-0.2, -0.15) is 0 Å². The molecule has 4 rings (SSSR count). The van der Waals surface area contributed by atoms with Crippen molar-refractivity contribution in [3.8, 4) is 0 Å². The topological polar surface area (TPSA) is 60.0 Å². The SMILES string of the molecule is CCNC(=NCc1ccc(N2CCC(C)CC2)cc1)NC1CCN(C(=O)C2CCCC2)C1.I. The van der Waals surface area contributed by atoms with Crippen LogP contribution in [0.15, 0.2) is 29.3 Å². The van der Waals surface area contributed by atoms with Crippen LogP contribution in [0, 0.1) is 11.8 Å². The minimum atomic E-state index is 0. The molecule has 1 aliphatic carbocycles. The van der Waals surface area contributed by atoms with E-state index in [1.807, 2.05) is 0 Å². The molecule has 1 atom stereocenters. The van der Waals surface area contributed by atoms with Crippen molar-refractivity contribution < 1.29 is 4.79 Å². The Morgan fingerprint density at radius 3 is 2.39 bits per heavy atom. The molecule has 2 saturated heterocycles. The molecule has 0 radical (unpaired) electrons. The van der Waals surface area contributed by atoms with Gasteiger partial charge in [-0.3, -0.25) is 4.79 Å². The molecule has 3 fully saturated rings. The fraction of sp³-hybridized carbons (Fsp3) is 0.692. The number of benzene rings is 1. The van der Waals surface area contributed by atoms with Gasteiger partial charge in [-0.05, 0) is 62.6 Å². The van der Waals surface area contributed by atoms with E-state index in [9.17, 15) is 4.79 Å². The Kier molecular flexibility index (Phi) is 10.1. The first kappa shape index (κ1) is 26.1. The average Bonchev–Trinajstić information content (AvgIpc) is 3.51. The van der Waals surface area contributed by atoms with Gasteiger partial charge in [0.25, 0.3) is 0 Å². The van der Waals surface area contributed by atoms with E-state index < -0.39 is 0 Å². The van der Waals surface area contributed by atoms with Gasteiger partial charge in [-0.25, -0.2) is 4.99 Å². The molecule has 2 N–H and O–H groups in total. The van der Waals surface area contributed by atoms with Crippen LogP contribution in [0.2, 0.25) is 0 Å². The van der Waals surface area contributed by atoms with Gasteiger partial charge in [0.2, 0.25) is 5.91 Å². The van der Waals surface area contributed by atoms with E-state index in [2.05, 4.69) is 58.5 Å². The first-order valence-corrected chi connectivity index (χ1v) is 12.8. The van der Waals surface area contributed by atoms with E-state index in [-0.39, 0.29) is 35.9 Å². The van der Waals surface area contributed by atoms with Crippen LogP contribution < -0.4 is 15.5 Å². The number of amides is 1. The van der Waals surface area contributed by atoms with E-state index in [0.717, 1.165) is 63.9 Å². The fourth-order valence-electron chi connectivity index (χ4n) is 5.27. The first-order chi connectivity index (χ1) is 15.6. The van der Waals surface area contributed by atoms with Gasteiger partial charge in [-0.15, -0.1) is 24.0 Å². The summed E-state index contributed by atoms with van der Waals surface area (Å²) >= 11 is 0. The lowest BCUT2D eigenvalue weighted by molar-refractivity contribution is -0.134. The Hall–Kier alpha value is -1.51. The summed E-state index contributed by atoms with van der Waals surface area (Å²) in [5, 5.41) is 6.94. The summed E-state index contributed by atoms with van der Waals surface area (Å²) in [7, 11) is 0. The van der Waals surface area contributed by atoms with Gasteiger partial charge in [0.15, 0.2) is 5.96 Å². The number of nitrogens with zero attached hydrogens (tertiary/aromatic N) is 3. The first-order valence-electron chi connectivity index (χ1n) is 12.8. The summed E-state index contributed by atoms with van der Waals surface area (Å²) in [6.07, 6.45) is 8.14. The highest BCUT2D eigenvalue weighted by molar-refractivity contribution is 14.0. The van der Waals surface area contributed by atoms with Gasteiger partial charge in [0.05, 0.1) is 6.54 Å². The highest BCUT2D eigenvalue weighted by Gasteiger charge is 2.32. The number of halogens is 1. The van der Waals surface area contributed by atoms with Crippen molar-refractivity contribution in [1.82, 2.24) is 15.5 Å². The van der Waals surface area contributed by atoms with Crippen molar-refractivity contribution in [2.24, 2.45) is 16.8 Å². The Labute approximate surface area is 217 Å². The number of nitrogens with one attached hydrogen (secondary N) is 2. The smallest absolute Gasteiger partial charge is 0.225 e. The third kappa shape index (κ3) is 7.23. The van der Waals surface area contributed by atoms with Crippen LogP contribution in [0.3, 0.4) is 0 Å². The molecule has 1 amide bonds. The van der Waals surface area contributed by atoms with Crippen LogP contribution in [0.1, 0.15) is 64.4 Å². The fourth-order valence-corrected chi connectivity index (χ4v) is 5.27. The average molecular weight is 568 g/mol. The summed E-state index contributed by atoms with van der Waals surface area (Å²) in [5.74, 6) is 2.34. The predicted molar refractivity (Wildman–Crippen MR) is 147 cm³/mol. The van der Waals surface area contributed by atoms with E-state index in [4.69, 9.17) is 4.99 Å². The number of anilines is 1. The molecule has 1 aromatic rings. The number of likely N-dealkylation sites (tertiary alicyclic amines) is 1. The molecule has 2 aliphatic heterocycles. The number of aliphatic imine (C=N–C) groups is 1. The maximum Gasteiger partial charge on any atom is 0.225 e. The number of guanidine groups is 1. The Morgan fingerprint density at radius 1 is 1.03 bits per heavy atom. The van der Waals surface area contributed by atoms with Crippen molar-refractivity contribution in [3.63, 3.8) is 0 Å². The molecule has 0 spiro atoms. The molecule has 3 aliphatic rings. The summed E-state index contributed by atoms with van der Waals surface area (Å²) in [6, 6.07) is 9.17. The third-order valence-electron chi connectivity index (χ3n) is 7.39. The summed E-state index contributed by atoms with van der Waals surface area (Å²) in [4.78, 5) is 22.1. The molecular formula is C26H42IN5O. The minimum Gasteiger partial charge on any atom is -0.372 e. The lowest BCUT2D eigenvalue weighted by Crippen LogP contribution is -2.45. The number of rotatable bonds is 6. The van der Waals surface area contributed by atoms with E-state index in [0.29, 0.717) is 12.5 Å². The second-order valence-electron chi connectivity index (χ2n) is 9.93. The van der Waals surface area contributed by atoms with Crippen LogP contribution in [0.4, 0.5) is 5.69 Å². The van der Waals surface area contributed by atoms with Crippen LogP contribution in [0.25, 0.3) is 0 Å². The second-order valence-corrected chi connectivity index (χ2v) is 9.93. The second kappa shape index (κ2) is 12.8. The van der Waals surface area contributed by atoms with Gasteiger partial charge < -0.3 is 20.4 Å². The zero-order chi connectivity index (χ0) is 22.3. The van der Waals surface area contributed by atoms with Crippen LogP contribution in [-0.4, -0.2) is 55.5 Å². The zero-order valence-electron chi connectivity index (χ0n) is 20.4. The number of hydrogen-bond acceptors (Lipinski definition) is 3. The molecule has 184 valence electrons. The van der Waals surface area contributed by atoms with Crippen molar-refractivity contribution in [3.05, 3.63) is 29.8 Å².